The summed E-state index contributed by atoms with van der Waals surface area (Å²) in [5.74, 6) is 3.25. The van der Waals surface area contributed by atoms with Gasteiger partial charge in [-0.05, 0) is 44.5 Å². The highest BCUT2D eigenvalue weighted by atomic mass is 16.7. The zero-order valence-corrected chi connectivity index (χ0v) is 21.4. The van der Waals surface area contributed by atoms with E-state index >= 15 is 0 Å². The zero-order valence-electron chi connectivity index (χ0n) is 21.4. The predicted molar refractivity (Wildman–Crippen MR) is 138 cm³/mol. The van der Waals surface area contributed by atoms with Crippen LogP contribution in [0.1, 0.15) is 31.7 Å². The van der Waals surface area contributed by atoms with Gasteiger partial charge in [0.2, 0.25) is 6.79 Å². The van der Waals surface area contributed by atoms with Crippen LogP contribution in [0, 0.1) is 0 Å². The topological polar surface area (TPSA) is 104 Å². The molecule has 5 rings (SSSR count). The van der Waals surface area contributed by atoms with E-state index in [-0.39, 0.29) is 18.6 Å². The van der Waals surface area contributed by atoms with Gasteiger partial charge in [-0.15, -0.1) is 0 Å². The summed E-state index contributed by atoms with van der Waals surface area (Å²) in [5.41, 5.74) is 2.42. The summed E-state index contributed by atoms with van der Waals surface area (Å²) in [6.07, 6.45) is 3.50. The molecule has 1 aromatic heterocycles. The lowest BCUT2D eigenvalue weighted by molar-refractivity contribution is -0.123. The number of nitrogens with one attached hydrogen (secondary N) is 1. The van der Waals surface area contributed by atoms with Gasteiger partial charge in [0, 0.05) is 31.5 Å². The fourth-order valence-electron chi connectivity index (χ4n) is 4.47. The van der Waals surface area contributed by atoms with Crippen molar-refractivity contribution in [1.29, 1.82) is 0 Å². The third kappa shape index (κ3) is 5.40. The molecular formula is C27H32N4O6. The molecule has 3 heterocycles. The quantitative estimate of drug-likeness (QED) is 0.519. The minimum Gasteiger partial charge on any atom is -0.490 e. The number of nitrogens with zero attached hydrogens (tertiary/aromatic N) is 3. The van der Waals surface area contributed by atoms with Crippen molar-refractivity contribution in [2.45, 2.75) is 38.8 Å². The highest BCUT2D eigenvalue weighted by Crippen LogP contribution is 2.44. The fraction of sp³-hybridized carbons (Fsp3) is 0.444. The summed E-state index contributed by atoms with van der Waals surface area (Å²) in [6.45, 7) is 3.92. The summed E-state index contributed by atoms with van der Waals surface area (Å²) in [7, 11) is 3.59. The number of fused-ring (bicyclic) bond motifs is 4. The molecule has 0 saturated heterocycles. The third-order valence-electron chi connectivity index (χ3n) is 6.74. The Balaban J connectivity index is 1.60. The van der Waals surface area contributed by atoms with Gasteiger partial charge < -0.3 is 29.0 Å². The van der Waals surface area contributed by atoms with E-state index in [4.69, 9.17) is 23.7 Å². The van der Waals surface area contributed by atoms with Crippen molar-refractivity contribution in [3.8, 4) is 23.0 Å². The van der Waals surface area contributed by atoms with E-state index in [2.05, 4.69) is 15.3 Å². The molecule has 10 nitrogen and oxygen atoms in total. The normalized spacial score (nSPS) is 18.4. The van der Waals surface area contributed by atoms with E-state index in [1.165, 1.54) is 6.33 Å². The summed E-state index contributed by atoms with van der Waals surface area (Å²) >= 11 is 0. The van der Waals surface area contributed by atoms with Crippen LogP contribution in [0.2, 0.25) is 0 Å². The van der Waals surface area contributed by atoms with Crippen molar-refractivity contribution in [1.82, 2.24) is 14.9 Å². The molecule has 0 unspecified atom stereocenters. The second-order valence-corrected chi connectivity index (χ2v) is 9.20. The largest absolute Gasteiger partial charge is 0.490 e. The average molecular weight is 509 g/mol. The van der Waals surface area contributed by atoms with E-state index in [1.54, 1.807) is 7.11 Å². The Labute approximate surface area is 215 Å². The Bertz CT molecular complexity index is 1280. The van der Waals surface area contributed by atoms with E-state index in [0.29, 0.717) is 67.1 Å². The second kappa shape index (κ2) is 11.2. The van der Waals surface area contributed by atoms with Crippen molar-refractivity contribution in [3.63, 3.8) is 0 Å². The summed E-state index contributed by atoms with van der Waals surface area (Å²) in [6, 6.07) is 7.41. The van der Waals surface area contributed by atoms with E-state index < -0.39 is 0 Å². The van der Waals surface area contributed by atoms with Crippen molar-refractivity contribution in [3.05, 3.63) is 36.2 Å². The van der Waals surface area contributed by atoms with Crippen LogP contribution in [-0.4, -0.2) is 67.5 Å². The first-order valence-electron chi connectivity index (χ1n) is 12.5. The van der Waals surface area contributed by atoms with Gasteiger partial charge in [0.1, 0.15) is 24.5 Å². The number of ketones is 1. The molecule has 3 aromatic rings. The number of Topliss-reactive ketones (excluding diaryl/α,β-unsaturated/α-hetero) is 1. The molecule has 0 saturated carbocycles. The molecule has 2 aliphatic heterocycles. The van der Waals surface area contributed by atoms with Crippen molar-refractivity contribution in [2.75, 3.05) is 46.1 Å². The molecule has 10 heteroatoms. The van der Waals surface area contributed by atoms with Gasteiger partial charge in [-0.25, -0.2) is 9.97 Å². The lowest BCUT2D eigenvalue weighted by atomic mass is 10.0. The molecule has 2 bridgehead atoms. The van der Waals surface area contributed by atoms with Gasteiger partial charge in [0.25, 0.3) is 0 Å². The van der Waals surface area contributed by atoms with Crippen LogP contribution in [0.4, 0.5) is 11.5 Å². The molecule has 2 aromatic carbocycles. The Morgan fingerprint density at radius 2 is 2.00 bits per heavy atom. The number of carbonyl (C=O) groups is 1. The number of carbonyl (C=O) groups excluding carboxylic acids is 1. The maximum Gasteiger partial charge on any atom is 0.231 e. The predicted octanol–water partition coefficient (Wildman–Crippen LogP) is 4.08. The average Bonchev–Trinajstić information content (AvgIpc) is 3.38. The molecule has 196 valence electrons. The lowest BCUT2D eigenvalue weighted by Crippen LogP contribution is -2.35. The third-order valence-corrected chi connectivity index (χ3v) is 6.74. The highest BCUT2D eigenvalue weighted by molar-refractivity contribution is 5.94. The molecule has 37 heavy (non-hydrogen) atoms. The number of aromatic nitrogens is 2. The number of rotatable bonds is 4. The Morgan fingerprint density at radius 1 is 1.11 bits per heavy atom. The van der Waals surface area contributed by atoms with Crippen LogP contribution >= 0.6 is 0 Å². The van der Waals surface area contributed by atoms with E-state index in [0.717, 1.165) is 29.5 Å². The number of likely N-dealkylation sites (N-methyl/N-ethyl adjacent to an activating group) is 1. The van der Waals surface area contributed by atoms with Gasteiger partial charge in [0.15, 0.2) is 23.0 Å². The molecule has 0 amide bonds. The number of ether oxygens (including phenoxy) is 5. The van der Waals surface area contributed by atoms with Crippen LogP contribution < -0.4 is 24.3 Å². The van der Waals surface area contributed by atoms with Gasteiger partial charge >= 0.3 is 0 Å². The minimum atomic E-state index is -0.230. The molecular weight excluding hydrogens is 476 g/mol. The molecule has 0 aliphatic carbocycles. The van der Waals surface area contributed by atoms with Gasteiger partial charge in [-0.3, -0.25) is 9.69 Å². The van der Waals surface area contributed by atoms with Crippen molar-refractivity contribution in [2.24, 2.45) is 0 Å². The molecule has 1 atom stereocenters. The molecule has 0 radical (unpaired) electrons. The lowest BCUT2D eigenvalue weighted by Gasteiger charge is -2.25. The zero-order chi connectivity index (χ0) is 25.8. The molecule has 1 N–H and O–H groups in total. The highest BCUT2D eigenvalue weighted by Gasteiger charge is 2.25. The van der Waals surface area contributed by atoms with Gasteiger partial charge in [-0.1, -0.05) is 6.07 Å². The number of benzene rings is 2. The smallest absolute Gasteiger partial charge is 0.231 e. The second-order valence-electron chi connectivity index (χ2n) is 9.20. The van der Waals surface area contributed by atoms with Gasteiger partial charge in [0.05, 0.1) is 30.5 Å². The summed E-state index contributed by atoms with van der Waals surface area (Å²) in [4.78, 5) is 24.0. The van der Waals surface area contributed by atoms with Crippen LogP contribution in [0.25, 0.3) is 10.9 Å². The fourth-order valence-corrected chi connectivity index (χ4v) is 4.47. The maximum atomic E-state index is 12.9. The summed E-state index contributed by atoms with van der Waals surface area (Å²) < 4.78 is 28.7. The number of methoxy groups -OCH3 is 1. The van der Waals surface area contributed by atoms with Crippen LogP contribution in [-0.2, 0) is 16.1 Å². The first-order valence-corrected chi connectivity index (χ1v) is 12.5. The van der Waals surface area contributed by atoms with Crippen LogP contribution in [0.3, 0.4) is 0 Å². The Morgan fingerprint density at radius 3 is 2.86 bits per heavy atom. The van der Waals surface area contributed by atoms with E-state index in [9.17, 15) is 4.79 Å². The SMILES string of the molecule is COCCOc1cc2ncnc3c2cc1OCCCCC(=O)[C@H](C)N(C)Cc1ccc2c(c1N3)OCO2. The van der Waals surface area contributed by atoms with Crippen molar-refractivity contribution < 1.29 is 28.5 Å². The van der Waals surface area contributed by atoms with Crippen LogP contribution in [0.5, 0.6) is 23.0 Å². The first kappa shape index (κ1) is 25.0. The first-order chi connectivity index (χ1) is 18.0. The van der Waals surface area contributed by atoms with E-state index in [1.807, 2.05) is 43.1 Å². The number of hydrogen-bond donors (Lipinski definition) is 1. The molecule has 0 fully saturated rings. The van der Waals surface area contributed by atoms with Crippen LogP contribution in [0.15, 0.2) is 30.6 Å². The van der Waals surface area contributed by atoms with Gasteiger partial charge in [-0.2, -0.15) is 0 Å². The minimum absolute atomic E-state index is 0.142. The number of anilines is 2. The number of hydrogen-bond acceptors (Lipinski definition) is 10. The Hall–Kier alpha value is -3.63. The monoisotopic (exact) mass is 508 g/mol. The summed E-state index contributed by atoms with van der Waals surface area (Å²) in [5, 5.41) is 4.26. The van der Waals surface area contributed by atoms with Crippen molar-refractivity contribution >= 4 is 28.2 Å². The molecule has 0 spiro atoms. The maximum absolute atomic E-state index is 12.9. The Kier molecular flexibility index (Phi) is 7.57. The molecule has 2 aliphatic rings. The standard InChI is InChI=1S/C27H32N4O6/c1-17-21(32)6-4-5-9-34-23-12-19-20(13-24(23)35-11-10-33-3)28-15-29-27(19)30-25-18(14-31(17)2)7-8-22-26(25)37-16-36-22/h7-8,12-13,15,17H,4-6,9-11,14,16H2,1-3H3,(H,28,29,30)/t17-/m0/s1.